The predicted octanol–water partition coefficient (Wildman–Crippen LogP) is 4.50. The van der Waals surface area contributed by atoms with Crippen LogP contribution in [0.25, 0.3) is 11.3 Å². The van der Waals surface area contributed by atoms with Crippen molar-refractivity contribution in [3.8, 4) is 28.5 Å². The summed E-state index contributed by atoms with van der Waals surface area (Å²) >= 11 is 7.51. The molecule has 0 unspecified atom stereocenters. The molecule has 2 heterocycles. The summed E-state index contributed by atoms with van der Waals surface area (Å²) in [4.78, 5) is 17.0. The van der Waals surface area contributed by atoms with E-state index < -0.39 is 0 Å². The minimum Gasteiger partial charge on any atom is -0.495 e. The molecule has 0 atom stereocenters. The van der Waals surface area contributed by atoms with Crippen LogP contribution in [-0.4, -0.2) is 31.2 Å². The Balaban J connectivity index is 1.50. The fourth-order valence-electron chi connectivity index (χ4n) is 2.64. The molecule has 1 aliphatic heterocycles. The molecular weight excluding hydrogens is 388 g/mol. The van der Waals surface area contributed by atoms with Crippen LogP contribution in [0.15, 0.2) is 41.8 Å². The number of nitrogens with zero attached hydrogens (tertiary/aromatic N) is 1. The molecule has 1 aromatic heterocycles. The van der Waals surface area contributed by atoms with Crippen LogP contribution >= 0.6 is 22.9 Å². The van der Waals surface area contributed by atoms with Crippen molar-refractivity contribution >= 4 is 34.0 Å². The number of rotatable bonds is 4. The minimum absolute atomic E-state index is 0.263. The summed E-state index contributed by atoms with van der Waals surface area (Å²) in [7, 11) is 1.56. The third kappa shape index (κ3) is 3.70. The minimum atomic E-state index is -0.263. The zero-order valence-electron chi connectivity index (χ0n) is 14.3. The molecule has 1 N–H and O–H groups in total. The summed E-state index contributed by atoms with van der Waals surface area (Å²) in [6.45, 7) is 0.980. The number of carbonyl (C=O) groups is 1. The van der Waals surface area contributed by atoms with Crippen molar-refractivity contribution in [1.82, 2.24) is 4.98 Å². The molecule has 1 aliphatic rings. The van der Waals surface area contributed by atoms with E-state index in [0.29, 0.717) is 46.2 Å². The third-order valence-electron chi connectivity index (χ3n) is 3.98. The zero-order valence-corrected chi connectivity index (χ0v) is 15.9. The van der Waals surface area contributed by atoms with Gasteiger partial charge in [0.2, 0.25) is 0 Å². The highest BCUT2D eigenvalue weighted by Gasteiger charge is 2.16. The highest BCUT2D eigenvalue weighted by Crippen LogP contribution is 2.33. The maximum absolute atomic E-state index is 12.5. The molecule has 0 fully saturated rings. The Labute approximate surface area is 164 Å². The van der Waals surface area contributed by atoms with Gasteiger partial charge < -0.3 is 14.2 Å². The first-order chi connectivity index (χ1) is 13.1. The number of anilines is 1. The molecule has 0 bridgehead atoms. The summed E-state index contributed by atoms with van der Waals surface area (Å²) < 4.78 is 16.1. The van der Waals surface area contributed by atoms with Gasteiger partial charge in [0.1, 0.15) is 19.0 Å². The molecule has 0 saturated heterocycles. The normalized spacial score (nSPS) is 12.5. The van der Waals surface area contributed by atoms with Gasteiger partial charge in [-0.3, -0.25) is 10.1 Å². The smallest absolute Gasteiger partial charge is 0.257 e. The summed E-state index contributed by atoms with van der Waals surface area (Å²) in [5.41, 5.74) is 2.04. The van der Waals surface area contributed by atoms with Crippen molar-refractivity contribution in [3.05, 3.63) is 52.4 Å². The number of amides is 1. The topological polar surface area (TPSA) is 69.7 Å². The second-order valence-corrected chi connectivity index (χ2v) is 6.97. The first-order valence-corrected chi connectivity index (χ1v) is 9.40. The number of ether oxygens (including phenoxy) is 3. The van der Waals surface area contributed by atoms with Gasteiger partial charge in [0.25, 0.3) is 5.91 Å². The van der Waals surface area contributed by atoms with Crippen molar-refractivity contribution in [2.75, 3.05) is 25.6 Å². The lowest BCUT2D eigenvalue weighted by Gasteiger charge is -2.18. The lowest BCUT2D eigenvalue weighted by atomic mass is 10.1. The average molecular weight is 403 g/mol. The molecule has 27 heavy (non-hydrogen) atoms. The Morgan fingerprint density at radius 1 is 1.19 bits per heavy atom. The van der Waals surface area contributed by atoms with Crippen LogP contribution in [0, 0.1) is 0 Å². The van der Waals surface area contributed by atoms with E-state index in [4.69, 9.17) is 25.8 Å². The monoisotopic (exact) mass is 402 g/mol. The Kier molecular flexibility index (Phi) is 4.87. The van der Waals surface area contributed by atoms with Crippen LogP contribution in [0.2, 0.25) is 5.02 Å². The Morgan fingerprint density at radius 3 is 2.78 bits per heavy atom. The number of halogens is 1. The molecule has 0 radical (unpaired) electrons. The average Bonchev–Trinajstić information content (AvgIpc) is 3.16. The lowest BCUT2D eigenvalue weighted by molar-refractivity contribution is 0.102. The second-order valence-electron chi connectivity index (χ2n) is 5.70. The zero-order chi connectivity index (χ0) is 18.8. The van der Waals surface area contributed by atoms with E-state index >= 15 is 0 Å². The molecule has 0 saturated carbocycles. The molecule has 2 aromatic carbocycles. The highest BCUT2D eigenvalue weighted by atomic mass is 35.5. The number of fused-ring (bicyclic) bond motifs is 1. The van der Waals surface area contributed by atoms with Crippen LogP contribution in [-0.2, 0) is 0 Å². The van der Waals surface area contributed by atoms with Crippen LogP contribution in [0.1, 0.15) is 10.4 Å². The van der Waals surface area contributed by atoms with Crippen LogP contribution in [0.3, 0.4) is 0 Å². The quantitative estimate of drug-likeness (QED) is 0.696. The molecule has 0 spiro atoms. The fourth-order valence-corrected chi connectivity index (χ4v) is 3.62. The van der Waals surface area contributed by atoms with Gasteiger partial charge in [0, 0.05) is 16.5 Å². The molecule has 4 rings (SSSR count). The van der Waals surface area contributed by atoms with Gasteiger partial charge in [-0.25, -0.2) is 4.98 Å². The van der Waals surface area contributed by atoms with Crippen LogP contribution in [0.5, 0.6) is 17.2 Å². The van der Waals surface area contributed by atoms with Crippen LogP contribution in [0.4, 0.5) is 5.13 Å². The van der Waals surface area contributed by atoms with Crippen molar-refractivity contribution in [1.29, 1.82) is 0 Å². The highest BCUT2D eigenvalue weighted by molar-refractivity contribution is 7.14. The second kappa shape index (κ2) is 7.46. The van der Waals surface area contributed by atoms with Crippen molar-refractivity contribution in [3.63, 3.8) is 0 Å². The summed E-state index contributed by atoms with van der Waals surface area (Å²) in [5, 5.41) is 5.67. The van der Waals surface area contributed by atoms with E-state index in [2.05, 4.69) is 10.3 Å². The standard InChI is InChI=1S/C19H15ClN2O4S/c1-24-15-4-2-11(8-13(15)20)14-10-27-19(21-14)22-18(23)12-3-5-16-17(9-12)26-7-6-25-16/h2-5,8-10H,6-7H2,1H3,(H,21,22,23). The summed E-state index contributed by atoms with van der Waals surface area (Å²) in [6.07, 6.45) is 0. The van der Waals surface area contributed by atoms with Gasteiger partial charge >= 0.3 is 0 Å². The van der Waals surface area contributed by atoms with Crippen LogP contribution < -0.4 is 19.5 Å². The first-order valence-electron chi connectivity index (χ1n) is 8.14. The first kappa shape index (κ1) is 17.6. The summed E-state index contributed by atoms with van der Waals surface area (Å²) in [5.74, 6) is 1.55. The maximum atomic E-state index is 12.5. The molecular formula is C19H15ClN2O4S. The third-order valence-corrected chi connectivity index (χ3v) is 5.03. The lowest BCUT2D eigenvalue weighted by Crippen LogP contribution is -2.17. The van der Waals surface area contributed by atoms with E-state index in [0.717, 1.165) is 11.3 Å². The number of hydrogen-bond donors (Lipinski definition) is 1. The SMILES string of the molecule is COc1ccc(-c2csc(NC(=O)c3ccc4c(c3)OCCO4)n2)cc1Cl. The molecule has 3 aromatic rings. The van der Waals surface area contributed by atoms with E-state index in [1.165, 1.54) is 11.3 Å². The molecule has 6 nitrogen and oxygen atoms in total. The number of benzene rings is 2. The maximum Gasteiger partial charge on any atom is 0.257 e. The van der Waals surface area contributed by atoms with E-state index in [9.17, 15) is 4.79 Å². The van der Waals surface area contributed by atoms with E-state index in [-0.39, 0.29) is 5.91 Å². The number of nitrogens with one attached hydrogen (secondary N) is 1. The van der Waals surface area contributed by atoms with Gasteiger partial charge in [-0.05, 0) is 36.4 Å². The Bertz CT molecular complexity index is 1010. The Hall–Kier alpha value is -2.77. The van der Waals surface area contributed by atoms with Crippen molar-refractivity contribution in [2.24, 2.45) is 0 Å². The van der Waals surface area contributed by atoms with Gasteiger partial charge in [-0.2, -0.15) is 0 Å². The Morgan fingerprint density at radius 2 is 2.00 bits per heavy atom. The number of aromatic nitrogens is 1. The number of hydrogen-bond acceptors (Lipinski definition) is 6. The van der Waals surface area contributed by atoms with E-state index in [1.54, 1.807) is 37.4 Å². The van der Waals surface area contributed by atoms with E-state index in [1.807, 2.05) is 11.4 Å². The number of methoxy groups -OCH3 is 1. The predicted molar refractivity (Wildman–Crippen MR) is 104 cm³/mol. The van der Waals surface area contributed by atoms with Gasteiger partial charge in [-0.15, -0.1) is 11.3 Å². The van der Waals surface area contributed by atoms with Crippen molar-refractivity contribution in [2.45, 2.75) is 0 Å². The molecule has 138 valence electrons. The number of carbonyl (C=O) groups excluding carboxylic acids is 1. The summed E-state index contributed by atoms with van der Waals surface area (Å²) in [6, 6.07) is 10.5. The van der Waals surface area contributed by atoms with Gasteiger partial charge in [0.15, 0.2) is 16.6 Å². The molecule has 8 heteroatoms. The molecule has 0 aliphatic carbocycles. The van der Waals surface area contributed by atoms with Gasteiger partial charge in [0.05, 0.1) is 17.8 Å². The van der Waals surface area contributed by atoms with Gasteiger partial charge in [-0.1, -0.05) is 11.6 Å². The number of thiazole rings is 1. The largest absolute Gasteiger partial charge is 0.495 e. The molecule has 1 amide bonds. The van der Waals surface area contributed by atoms with Crippen molar-refractivity contribution < 1.29 is 19.0 Å². The fraction of sp³-hybridized carbons (Fsp3) is 0.158.